The molecule has 0 unspecified atom stereocenters. The molecule has 5 aliphatic carbocycles. The second kappa shape index (κ2) is 17.5. The van der Waals surface area contributed by atoms with Gasteiger partial charge in [-0.1, -0.05) is 46.8 Å². The molecule has 0 radical (unpaired) electrons. The van der Waals surface area contributed by atoms with Crippen molar-refractivity contribution in [3.8, 4) is 0 Å². The van der Waals surface area contributed by atoms with Gasteiger partial charge in [0, 0.05) is 0 Å². The molecule has 5 saturated carbocycles. The molecule has 17 heteroatoms. The SMILES string of the molecule is C=C(C)[C@@H]1CC[C@]2(C(=O)O[C@@H]3O[C@H](CO)[C@@H](O)[C@H](O)[C@H]3O[C@@H]3OC[C@H](O)[C@H](O)[C@H]3O)CC[C@]3(C)[C@H](CC[C@@H]4[C@@]5(C)CC[C@H](O[C@@H]6O[C@H](CO)[C@@H](O)[C@H](O)[C@H]6O)C(C)(C)[C@@H]5CC[C@]43C)[C@H]12. The third kappa shape index (κ3) is 7.40. The number of allylic oxidation sites excluding steroid dienone is 1. The van der Waals surface area contributed by atoms with E-state index < -0.39 is 111 Å². The predicted molar refractivity (Wildman–Crippen MR) is 224 cm³/mol. The highest BCUT2D eigenvalue weighted by Crippen LogP contribution is 2.78. The van der Waals surface area contributed by atoms with Gasteiger partial charge in [-0.2, -0.15) is 0 Å². The van der Waals surface area contributed by atoms with Gasteiger partial charge in [0.25, 0.3) is 0 Å². The Balaban J connectivity index is 1.04. The van der Waals surface area contributed by atoms with Gasteiger partial charge < -0.3 is 79.5 Å². The third-order valence-electron chi connectivity index (χ3n) is 19.4. The molecule has 0 aromatic heterocycles. The summed E-state index contributed by atoms with van der Waals surface area (Å²) in [6.45, 7) is 16.7. The van der Waals surface area contributed by atoms with E-state index in [1.807, 2.05) is 6.92 Å². The van der Waals surface area contributed by atoms with Gasteiger partial charge in [0.1, 0.15) is 61.0 Å². The molecule has 8 fully saturated rings. The van der Waals surface area contributed by atoms with Crippen molar-refractivity contribution in [3.05, 3.63) is 12.2 Å². The van der Waals surface area contributed by atoms with Crippen LogP contribution in [0.3, 0.4) is 0 Å². The molecule has 0 bridgehead atoms. The Morgan fingerprint density at radius 1 is 0.641 bits per heavy atom. The van der Waals surface area contributed by atoms with Crippen LogP contribution in [0.4, 0.5) is 0 Å². The molecule has 3 saturated heterocycles. The van der Waals surface area contributed by atoms with Crippen molar-refractivity contribution in [2.24, 2.45) is 56.7 Å². The minimum absolute atomic E-state index is 0.0359. The lowest BCUT2D eigenvalue weighted by Gasteiger charge is -2.73. The van der Waals surface area contributed by atoms with E-state index in [0.717, 1.165) is 50.5 Å². The van der Waals surface area contributed by atoms with Crippen LogP contribution in [0.5, 0.6) is 0 Å². The Bertz CT molecular complexity index is 1710. The van der Waals surface area contributed by atoms with Gasteiger partial charge in [-0.3, -0.25) is 4.79 Å². The zero-order chi connectivity index (χ0) is 46.6. The molecule has 0 aromatic carbocycles. The number of carbonyl (C=O) groups is 1. The molecule has 3 heterocycles. The van der Waals surface area contributed by atoms with E-state index in [-0.39, 0.29) is 58.0 Å². The average molecular weight is 913 g/mol. The van der Waals surface area contributed by atoms with Crippen molar-refractivity contribution in [2.45, 2.75) is 198 Å². The third-order valence-corrected chi connectivity index (χ3v) is 19.4. The highest BCUT2D eigenvalue weighted by atomic mass is 16.8. The summed E-state index contributed by atoms with van der Waals surface area (Å²) in [5.74, 6) is 0.133. The zero-order valence-electron chi connectivity index (χ0n) is 38.3. The van der Waals surface area contributed by atoms with Gasteiger partial charge in [-0.15, -0.1) is 0 Å². The number of fused-ring (bicyclic) bond motifs is 7. The Labute approximate surface area is 376 Å². The van der Waals surface area contributed by atoms with Gasteiger partial charge in [-0.25, -0.2) is 0 Å². The summed E-state index contributed by atoms with van der Waals surface area (Å²) in [6.07, 6.45) is -13.4. The highest BCUT2D eigenvalue weighted by Gasteiger charge is 2.73. The van der Waals surface area contributed by atoms with Crippen molar-refractivity contribution in [1.82, 2.24) is 0 Å². The molecule has 8 rings (SSSR count). The van der Waals surface area contributed by atoms with Gasteiger partial charge in [-0.05, 0) is 122 Å². The minimum atomic E-state index is -1.75. The Kier molecular flexibility index (Phi) is 13.4. The summed E-state index contributed by atoms with van der Waals surface area (Å²) in [5.41, 5.74) is -0.618. The summed E-state index contributed by atoms with van der Waals surface area (Å²) < 4.78 is 35.9. The number of aliphatic hydroxyl groups excluding tert-OH is 10. The molecule has 0 spiro atoms. The van der Waals surface area contributed by atoms with Crippen LogP contribution in [0.2, 0.25) is 0 Å². The maximum absolute atomic E-state index is 15.1. The van der Waals surface area contributed by atoms with Crippen molar-refractivity contribution in [3.63, 3.8) is 0 Å². The average Bonchev–Trinajstić information content (AvgIpc) is 3.66. The lowest BCUT2D eigenvalue weighted by molar-refractivity contribution is -0.352. The van der Waals surface area contributed by atoms with Gasteiger partial charge in [0.05, 0.1) is 31.3 Å². The fourth-order valence-corrected chi connectivity index (χ4v) is 15.6. The summed E-state index contributed by atoms with van der Waals surface area (Å²) in [6, 6.07) is 0. The van der Waals surface area contributed by atoms with Crippen molar-refractivity contribution in [1.29, 1.82) is 0 Å². The van der Waals surface area contributed by atoms with E-state index in [1.54, 1.807) is 0 Å². The summed E-state index contributed by atoms with van der Waals surface area (Å²) in [7, 11) is 0. The molecule has 366 valence electrons. The largest absolute Gasteiger partial charge is 0.432 e. The summed E-state index contributed by atoms with van der Waals surface area (Å²) in [5, 5.41) is 105. The van der Waals surface area contributed by atoms with Crippen LogP contribution in [0.25, 0.3) is 0 Å². The van der Waals surface area contributed by atoms with Crippen LogP contribution in [0.1, 0.15) is 106 Å². The normalized spacial score (nSPS) is 54.8. The van der Waals surface area contributed by atoms with Crippen LogP contribution in [0.15, 0.2) is 12.2 Å². The van der Waals surface area contributed by atoms with Gasteiger partial charge in [0.15, 0.2) is 18.7 Å². The van der Waals surface area contributed by atoms with Gasteiger partial charge >= 0.3 is 5.97 Å². The monoisotopic (exact) mass is 913 g/mol. The standard InChI is InChI=1S/C47H76O17/c1-21(2)22-10-15-47(42(58)64-41-38(35(55)33(53)26(19-49)61-41)63-39-36(56)31(51)24(50)20-59-39)17-16-45(6)23(30(22)47)8-9-28-44(5)13-12-29(43(3,4)27(44)11-14-46(28,45)7)62-40-37(57)34(54)32(52)25(18-48)60-40/h22-41,48-57H,1,8-20H2,2-7H3/t22-,23+,24-,25+,26+,27-,28+,29-,30-,31-,32+,33+,34-,35-,36+,37+,38+,39-,40-,41-,44-,45+,46+,47-/m0/s1. The quantitative estimate of drug-likeness (QED) is 0.0864. The summed E-state index contributed by atoms with van der Waals surface area (Å²) in [4.78, 5) is 15.1. The first kappa shape index (κ1) is 49.0. The molecule has 8 aliphatic rings. The number of hydrogen-bond acceptors (Lipinski definition) is 17. The van der Waals surface area contributed by atoms with E-state index in [9.17, 15) is 51.1 Å². The Hall–Kier alpha value is -1.39. The van der Waals surface area contributed by atoms with Crippen LogP contribution in [0, 0.1) is 56.7 Å². The molecule has 24 atom stereocenters. The van der Waals surface area contributed by atoms with E-state index >= 15 is 4.79 Å². The molecule has 17 nitrogen and oxygen atoms in total. The maximum atomic E-state index is 15.1. The minimum Gasteiger partial charge on any atom is -0.432 e. The van der Waals surface area contributed by atoms with E-state index in [0.29, 0.717) is 25.2 Å². The van der Waals surface area contributed by atoms with Crippen molar-refractivity contribution >= 4 is 5.97 Å². The smallest absolute Gasteiger partial charge is 0.314 e. The van der Waals surface area contributed by atoms with E-state index in [2.05, 4.69) is 41.2 Å². The second-order valence-electron chi connectivity index (χ2n) is 22.5. The molecule has 0 aromatic rings. The van der Waals surface area contributed by atoms with Crippen LogP contribution in [-0.2, 0) is 33.2 Å². The first-order valence-corrected chi connectivity index (χ1v) is 23.8. The first-order valence-electron chi connectivity index (χ1n) is 23.8. The fraction of sp³-hybridized carbons (Fsp3) is 0.936. The molecule has 10 N–H and O–H groups in total. The highest BCUT2D eigenvalue weighted by molar-refractivity contribution is 5.78. The van der Waals surface area contributed by atoms with Crippen molar-refractivity contribution in [2.75, 3.05) is 19.8 Å². The number of rotatable bonds is 9. The lowest BCUT2D eigenvalue weighted by atomic mass is 9.32. The predicted octanol–water partition coefficient (Wildman–Crippen LogP) is 0.636. The Morgan fingerprint density at radius 3 is 1.94 bits per heavy atom. The van der Waals surface area contributed by atoms with Crippen molar-refractivity contribution < 1.29 is 84.3 Å². The van der Waals surface area contributed by atoms with Crippen LogP contribution in [-0.4, -0.2) is 169 Å². The maximum Gasteiger partial charge on any atom is 0.314 e. The molecular weight excluding hydrogens is 836 g/mol. The Morgan fingerprint density at radius 2 is 1.28 bits per heavy atom. The number of ether oxygens (including phenoxy) is 6. The second-order valence-corrected chi connectivity index (χ2v) is 22.5. The summed E-state index contributed by atoms with van der Waals surface area (Å²) >= 11 is 0. The first-order chi connectivity index (χ1) is 30.0. The molecule has 64 heavy (non-hydrogen) atoms. The molecular formula is C47H76O17. The fourth-order valence-electron chi connectivity index (χ4n) is 15.6. The lowest BCUT2D eigenvalue weighted by Crippen LogP contribution is -2.68. The number of hydrogen-bond donors (Lipinski definition) is 10. The molecule has 0 amide bonds. The number of carbonyl (C=O) groups excluding carboxylic acids is 1. The zero-order valence-corrected chi connectivity index (χ0v) is 38.3. The number of esters is 1. The van der Waals surface area contributed by atoms with Gasteiger partial charge in [0.2, 0.25) is 6.29 Å². The molecule has 3 aliphatic heterocycles. The topological polar surface area (TPSA) is 275 Å². The van der Waals surface area contributed by atoms with E-state index in [1.165, 1.54) is 0 Å². The van der Waals surface area contributed by atoms with Crippen LogP contribution >= 0.6 is 0 Å². The van der Waals surface area contributed by atoms with Crippen LogP contribution < -0.4 is 0 Å². The number of aliphatic hydroxyl groups is 10. The van der Waals surface area contributed by atoms with E-state index in [4.69, 9.17) is 28.4 Å².